The highest BCUT2D eigenvalue weighted by Crippen LogP contribution is 2.32. The number of esters is 1. The summed E-state index contributed by atoms with van der Waals surface area (Å²) in [5, 5.41) is 19.0. The van der Waals surface area contributed by atoms with Gasteiger partial charge in [0, 0.05) is 24.7 Å². The molecular weight excluding hydrogens is 388 g/mol. The van der Waals surface area contributed by atoms with Crippen molar-refractivity contribution < 1.29 is 18.9 Å². The van der Waals surface area contributed by atoms with Gasteiger partial charge in [-0.15, -0.1) is 10.2 Å². The van der Waals surface area contributed by atoms with Gasteiger partial charge in [-0.1, -0.05) is 6.92 Å². The van der Waals surface area contributed by atoms with Crippen molar-refractivity contribution in [3.63, 3.8) is 0 Å². The molecule has 30 heavy (non-hydrogen) atoms. The summed E-state index contributed by atoms with van der Waals surface area (Å²) in [5.41, 5.74) is 1.25. The highest BCUT2D eigenvalue weighted by atomic mass is 16.6. The number of aromatic nitrogens is 2. The third-order valence-electron chi connectivity index (χ3n) is 5.20. The van der Waals surface area contributed by atoms with Gasteiger partial charge in [-0.25, -0.2) is 4.79 Å². The zero-order valence-corrected chi connectivity index (χ0v) is 16.4. The zero-order chi connectivity index (χ0) is 21.1. The molecular formula is C21H20N4O5. The molecule has 1 aliphatic heterocycles. The third-order valence-corrected chi connectivity index (χ3v) is 5.20. The van der Waals surface area contributed by atoms with Crippen LogP contribution in [0, 0.1) is 16.0 Å². The van der Waals surface area contributed by atoms with Crippen molar-refractivity contribution in [1.29, 1.82) is 0 Å². The Bertz CT molecular complexity index is 1040. The second-order valence-corrected chi connectivity index (χ2v) is 7.29. The lowest BCUT2D eigenvalue weighted by Gasteiger charge is -2.31. The lowest BCUT2D eigenvalue weighted by atomic mass is 9.98. The van der Waals surface area contributed by atoms with Crippen LogP contribution in [0.25, 0.3) is 11.5 Å². The van der Waals surface area contributed by atoms with Crippen LogP contribution in [-0.4, -0.2) is 34.2 Å². The van der Waals surface area contributed by atoms with Crippen LogP contribution in [0.3, 0.4) is 0 Å². The van der Waals surface area contributed by atoms with E-state index in [4.69, 9.17) is 9.15 Å². The van der Waals surface area contributed by atoms with E-state index in [1.165, 1.54) is 12.5 Å². The zero-order valence-electron chi connectivity index (χ0n) is 16.4. The van der Waals surface area contributed by atoms with E-state index in [-0.39, 0.29) is 11.3 Å². The number of nitro groups is 1. The molecule has 1 saturated heterocycles. The maximum atomic E-state index is 12.5. The molecule has 0 atom stereocenters. The second kappa shape index (κ2) is 8.32. The van der Waals surface area contributed by atoms with Crippen LogP contribution in [0.5, 0.6) is 5.75 Å². The minimum absolute atomic E-state index is 0.0919. The summed E-state index contributed by atoms with van der Waals surface area (Å²) in [4.78, 5) is 25.7. The van der Waals surface area contributed by atoms with Crippen LogP contribution in [0.1, 0.15) is 30.1 Å². The van der Waals surface area contributed by atoms with Gasteiger partial charge in [0.1, 0.15) is 11.4 Å². The van der Waals surface area contributed by atoms with E-state index < -0.39 is 10.9 Å². The lowest BCUT2D eigenvalue weighted by Crippen LogP contribution is -2.33. The minimum atomic E-state index is -0.664. The Balaban J connectivity index is 1.51. The summed E-state index contributed by atoms with van der Waals surface area (Å²) < 4.78 is 10.5. The largest absolute Gasteiger partial charge is 0.423 e. The van der Waals surface area contributed by atoms with E-state index in [0.717, 1.165) is 25.9 Å². The number of hydrogen-bond acceptors (Lipinski definition) is 8. The van der Waals surface area contributed by atoms with Crippen molar-refractivity contribution in [2.24, 2.45) is 5.92 Å². The summed E-state index contributed by atoms with van der Waals surface area (Å²) >= 11 is 0. The van der Waals surface area contributed by atoms with Gasteiger partial charge < -0.3 is 14.1 Å². The number of rotatable bonds is 5. The van der Waals surface area contributed by atoms with E-state index in [1.807, 2.05) is 4.90 Å². The Morgan fingerprint density at radius 2 is 1.93 bits per heavy atom. The number of nitrogens with zero attached hydrogens (tertiary/aromatic N) is 4. The summed E-state index contributed by atoms with van der Waals surface area (Å²) in [6.07, 6.45) is 3.20. The van der Waals surface area contributed by atoms with Gasteiger partial charge in [0.2, 0.25) is 12.3 Å². The number of carbonyl (C=O) groups excluding carboxylic acids is 1. The molecule has 154 valence electrons. The number of carbonyl (C=O) groups is 1. The van der Waals surface area contributed by atoms with Crippen LogP contribution in [0.4, 0.5) is 11.4 Å². The molecule has 0 N–H and O–H groups in total. The second-order valence-electron chi connectivity index (χ2n) is 7.29. The van der Waals surface area contributed by atoms with Gasteiger partial charge in [0.25, 0.3) is 5.69 Å². The van der Waals surface area contributed by atoms with Gasteiger partial charge >= 0.3 is 5.97 Å². The molecule has 4 rings (SSSR count). The SMILES string of the molecule is CC1CCN(c2ccc(C(=O)Oc3ccc(-c4nnco4)cc3)cc2[N+](=O)[O-])CC1. The highest BCUT2D eigenvalue weighted by molar-refractivity contribution is 5.93. The predicted molar refractivity (Wildman–Crippen MR) is 108 cm³/mol. The van der Waals surface area contributed by atoms with Gasteiger partial charge in [0.05, 0.1) is 10.5 Å². The molecule has 0 bridgehead atoms. The van der Waals surface area contributed by atoms with E-state index in [1.54, 1.807) is 36.4 Å². The normalized spacial score (nSPS) is 14.5. The van der Waals surface area contributed by atoms with Crippen LogP contribution in [0.2, 0.25) is 0 Å². The van der Waals surface area contributed by atoms with Crippen LogP contribution < -0.4 is 9.64 Å². The van der Waals surface area contributed by atoms with E-state index in [2.05, 4.69) is 17.1 Å². The number of nitro benzene ring substituents is 1. The summed E-state index contributed by atoms with van der Waals surface area (Å²) in [6, 6.07) is 11.0. The van der Waals surface area contributed by atoms with Crippen LogP contribution in [-0.2, 0) is 0 Å². The number of ether oxygens (including phenoxy) is 1. The molecule has 3 aromatic rings. The van der Waals surface area contributed by atoms with Gasteiger partial charge in [0.15, 0.2) is 0 Å². The first-order chi connectivity index (χ1) is 14.5. The van der Waals surface area contributed by atoms with Gasteiger partial charge in [-0.3, -0.25) is 10.1 Å². The average molecular weight is 408 g/mol. The summed E-state index contributed by atoms with van der Waals surface area (Å²) in [5.74, 6) is 0.606. The molecule has 0 spiro atoms. The molecule has 1 aromatic heterocycles. The maximum Gasteiger partial charge on any atom is 0.343 e. The topological polar surface area (TPSA) is 112 Å². The van der Waals surface area contributed by atoms with Crippen molar-refractivity contribution in [2.45, 2.75) is 19.8 Å². The molecule has 1 fully saturated rings. The first-order valence-corrected chi connectivity index (χ1v) is 9.63. The minimum Gasteiger partial charge on any atom is -0.423 e. The number of benzene rings is 2. The number of anilines is 1. The Morgan fingerprint density at radius 1 is 1.20 bits per heavy atom. The molecule has 1 aliphatic rings. The fraction of sp³-hybridized carbons (Fsp3) is 0.286. The summed E-state index contributed by atoms with van der Waals surface area (Å²) in [6.45, 7) is 3.70. The predicted octanol–water partition coefficient (Wildman–Crippen LogP) is 4.10. The van der Waals surface area contributed by atoms with Gasteiger partial charge in [-0.2, -0.15) is 0 Å². The van der Waals surface area contributed by atoms with Gasteiger partial charge in [-0.05, 0) is 55.2 Å². The van der Waals surface area contributed by atoms with Crippen molar-refractivity contribution in [3.8, 4) is 17.2 Å². The molecule has 0 saturated carbocycles. The number of piperidine rings is 1. The fourth-order valence-corrected chi connectivity index (χ4v) is 3.44. The first kappa shape index (κ1) is 19.6. The summed E-state index contributed by atoms with van der Waals surface area (Å²) in [7, 11) is 0. The Labute approximate surface area is 172 Å². The van der Waals surface area contributed by atoms with Crippen molar-refractivity contribution >= 4 is 17.3 Å². The molecule has 9 nitrogen and oxygen atoms in total. The maximum absolute atomic E-state index is 12.5. The molecule has 2 aromatic carbocycles. The van der Waals surface area contributed by atoms with Crippen LogP contribution in [0.15, 0.2) is 53.3 Å². The van der Waals surface area contributed by atoms with Crippen molar-refractivity contribution in [3.05, 3.63) is 64.5 Å². The molecule has 0 amide bonds. The molecule has 0 aliphatic carbocycles. The molecule has 2 heterocycles. The average Bonchev–Trinajstić information content (AvgIpc) is 3.29. The monoisotopic (exact) mass is 408 g/mol. The standard InChI is InChI=1S/C21H20N4O5/c1-14-8-10-24(11-9-14)18-7-4-16(12-19(18)25(27)28)21(26)30-17-5-2-15(3-6-17)20-23-22-13-29-20/h2-7,12-14H,8-11H2,1H3. The van der Waals surface area contributed by atoms with Crippen LogP contribution >= 0.6 is 0 Å². The highest BCUT2D eigenvalue weighted by Gasteiger charge is 2.25. The lowest BCUT2D eigenvalue weighted by molar-refractivity contribution is -0.384. The Kier molecular flexibility index (Phi) is 5.42. The fourth-order valence-electron chi connectivity index (χ4n) is 3.44. The van der Waals surface area contributed by atoms with Crippen molar-refractivity contribution in [1.82, 2.24) is 10.2 Å². The quantitative estimate of drug-likeness (QED) is 0.268. The Hall–Kier alpha value is -3.75. The molecule has 0 unspecified atom stereocenters. The first-order valence-electron chi connectivity index (χ1n) is 9.63. The molecule has 0 radical (unpaired) electrons. The van der Waals surface area contributed by atoms with Crippen molar-refractivity contribution in [2.75, 3.05) is 18.0 Å². The van der Waals surface area contributed by atoms with E-state index >= 15 is 0 Å². The Morgan fingerprint density at radius 3 is 2.57 bits per heavy atom. The number of hydrogen-bond donors (Lipinski definition) is 0. The third kappa shape index (κ3) is 4.14. The van der Waals surface area contributed by atoms with E-state index in [0.29, 0.717) is 28.8 Å². The van der Waals surface area contributed by atoms with E-state index in [9.17, 15) is 14.9 Å². The smallest absolute Gasteiger partial charge is 0.343 e. The molecule has 9 heteroatoms.